The monoisotopic (exact) mass is 524 g/mol. The first-order valence-electron chi connectivity index (χ1n) is 11.3. The number of pyridine rings is 1. The van der Waals surface area contributed by atoms with Crippen LogP contribution < -0.4 is 5.32 Å². The van der Waals surface area contributed by atoms with E-state index in [1.165, 1.54) is 41.8 Å². The molecule has 0 radical (unpaired) electrons. The molecule has 2 amide bonds. The predicted molar refractivity (Wildman–Crippen MR) is 122 cm³/mol. The lowest BCUT2D eigenvalue weighted by atomic mass is 10.0. The Morgan fingerprint density at radius 2 is 2.05 bits per heavy atom. The minimum atomic E-state index is -4.88. The molecule has 0 spiro atoms. The first-order chi connectivity index (χ1) is 17.5. The SMILES string of the molecule is CNC(=O)c1ccc(-c2nc3cc([C@H](O)C(F)(F)F)ccn3c2C[C@H]2CN(C(=O)OC)CCO2)c(F)c1. The topological polar surface area (TPSA) is 105 Å². The third-order valence-electron chi connectivity index (χ3n) is 6.08. The number of morpholine rings is 1. The predicted octanol–water partition coefficient (Wildman–Crippen LogP) is 3.11. The molecule has 2 atom stereocenters. The van der Waals surface area contributed by atoms with Crippen molar-refractivity contribution in [1.29, 1.82) is 0 Å². The number of fused-ring (bicyclic) bond motifs is 1. The van der Waals surface area contributed by atoms with Crippen LogP contribution >= 0.6 is 0 Å². The van der Waals surface area contributed by atoms with Crippen molar-refractivity contribution in [3.05, 3.63) is 59.2 Å². The van der Waals surface area contributed by atoms with Crippen LogP contribution in [0, 0.1) is 5.82 Å². The van der Waals surface area contributed by atoms with Gasteiger partial charge in [-0.15, -0.1) is 0 Å². The Balaban J connectivity index is 1.79. The molecule has 3 aromatic rings. The molecule has 2 N–H and O–H groups in total. The zero-order valence-corrected chi connectivity index (χ0v) is 19.9. The van der Waals surface area contributed by atoms with Crippen LogP contribution in [-0.4, -0.2) is 77.5 Å². The molecule has 0 unspecified atom stereocenters. The number of hydrogen-bond acceptors (Lipinski definition) is 6. The Kier molecular flexibility index (Phi) is 7.37. The minimum absolute atomic E-state index is 0.0184. The van der Waals surface area contributed by atoms with E-state index in [9.17, 15) is 27.9 Å². The number of nitrogens with one attached hydrogen (secondary N) is 1. The van der Waals surface area contributed by atoms with Crippen LogP contribution in [0.15, 0.2) is 36.5 Å². The molecular formula is C24H24F4N4O5. The van der Waals surface area contributed by atoms with Gasteiger partial charge in [-0.2, -0.15) is 13.2 Å². The summed E-state index contributed by atoms with van der Waals surface area (Å²) < 4.78 is 66.5. The number of halogens is 4. The van der Waals surface area contributed by atoms with E-state index < -0.39 is 41.8 Å². The molecule has 3 heterocycles. The third-order valence-corrected chi connectivity index (χ3v) is 6.08. The summed E-state index contributed by atoms with van der Waals surface area (Å²) in [6.45, 7) is 0.711. The first kappa shape index (κ1) is 26.4. The number of aliphatic hydroxyl groups is 1. The molecule has 1 fully saturated rings. The maximum Gasteiger partial charge on any atom is 0.418 e. The molecule has 0 aliphatic carbocycles. The van der Waals surface area contributed by atoms with Crippen LogP contribution in [-0.2, 0) is 15.9 Å². The molecule has 1 saturated heterocycles. The van der Waals surface area contributed by atoms with Crippen molar-refractivity contribution in [2.75, 3.05) is 33.9 Å². The van der Waals surface area contributed by atoms with Crippen LogP contribution in [0.2, 0.25) is 0 Å². The molecule has 9 nitrogen and oxygen atoms in total. The fourth-order valence-electron chi connectivity index (χ4n) is 4.23. The average Bonchev–Trinajstić information content (AvgIpc) is 3.23. The van der Waals surface area contributed by atoms with Crippen LogP contribution in [0.1, 0.15) is 27.7 Å². The maximum atomic E-state index is 15.2. The van der Waals surface area contributed by atoms with E-state index in [0.717, 1.165) is 18.2 Å². The van der Waals surface area contributed by atoms with Gasteiger partial charge in [0, 0.05) is 37.3 Å². The second kappa shape index (κ2) is 10.3. The van der Waals surface area contributed by atoms with E-state index in [1.807, 2.05) is 0 Å². The van der Waals surface area contributed by atoms with E-state index in [4.69, 9.17) is 9.47 Å². The molecule has 198 valence electrons. The average molecular weight is 524 g/mol. The van der Waals surface area contributed by atoms with Gasteiger partial charge in [0.2, 0.25) is 0 Å². The lowest BCUT2D eigenvalue weighted by Crippen LogP contribution is -2.46. The zero-order valence-electron chi connectivity index (χ0n) is 19.9. The van der Waals surface area contributed by atoms with Gasteiger partial charge in [-0.1, -0.05) is 0 Å². The highest BCUT2D eigenvalue weighted by atomic mass is 19.4. The van der Waals surface area contributed by atoms with Crippen molar-refractivity contribution in [1.82, 2.24) is 19.6 Å². The summed E-state index contributed by atoms with van der Waals surface area (Å²) in [7, 11) is 2.66. The number of hydrogen-bond donors (Lipinski definition) is 2. The zero-order chi connectivity index (χ0) is 26.9. The molecule has 0 bridgehead atoms. The number of rotatable bonds is 5. The summed E-state index contributed by atoms with van der Waals surface area (Å²) in [5.41, 5.74) is 0.245. The van der Waals surface area contributed by atoms with Crippen molar-refractivity contribution < 1.29 is 41.7 Å². The van der Waals surface area contributed by atoms with Crippen LogP contribution in [0.25, 0.3) is 16.9 Å². The number of alkyl halides is 3. The van der Waals surface area contributed by atoms with Gasteiger partial charge >= 0.3 is 12.3 Å². The molecule has 1 aromatic carbocycles. The Labute approximate surface area is 208 Å². The van der Waals surface area contributed by atoms with Gasteiger partial charge in [0.15, 0.2) is 6.10 Å². The van der Waals surface area contributed by atoms with Gasteiger partial charge in [0.05, 0.1) is 37.8 Å². The van der Waals surface area contributed by atoms with Gasteiger partial charge in [0.25, 0.3) is 5.91 Å². The van der Waals surface area contributed by atoms with Crippen molar-refractivity contribution in [2.24, 2.45) is 0 Å². The van der Waals surface area contributed by atoms with Crippen LogP contribution in [0.4, 0.5) is 22.4 Å². The first-order valence-corrected chi connectivity index (χ1v) is 11.3. The normalized spacial score (nSPS) is 17.1. The van der Waals surface area contributed by atoms with E-state index in [0.29, 0.717) is 12.2 Å². The fourth-order valence-corrected chi connectivity index (χ4v) is 4.23. The second-order valence-corrected chi connectivity index (χ2v) is 8.43. The third kappa shape index (κ3) is 5.37. The summed E-state index contributed by atoms with van der Waals surface area (Å²) in [6, 6.07) is 5.98. The molecule has 37 heavy (non-hydrogen) atoms. The molecule has 13 heteroatoms. The minimum Gasteiger partial charge on any atom is -0.453 e. The van der Waals surface area contributed by atoms with Gasteiger partial charge in [-0.3, -0.25) is 4.79 Å². The molecular weight excluding hydrogens is 500 g/mol. The number of imidazole rings is 1. The Morgan fingerprint density at radius 3 is 2.70 bits per heavy atom. The van der Waals surface area contributed by atoms with E-state index in [1.54, 1.807) is 0 Å². The van der Waals surface area contributed by atoms with Gasteiger partial charge in [-0.25, -0.2) is 14.2 Å². The molecule has 0 saturated carbocycles. The van der Waals surface area contributed by atoms with Crippen LogP contribution in [0.5, 0.6) is 0 Å². The van der Waals surface area contributed by atoms with Gasteiger partial charge in [0.1, 0.15) is 11.5 Å². The smallest absolute Gasteiger partial charge is 0.418 e. The number of methoxy groups -OCH3 is 1. The molecule has 4 rings (SSSR count). The quantitative estimate of drug-likeness (QED) is 0.497. The number of amides is 2. The number of aromatic nitrogens is 2. The lowest BCUT2D eigenvalue weighted by molar-refractivity contribution is -0.206. The highest BCUT2D eigenvalue weighted by molar-refractivity contribution is 5.94. The number of nitrogens with zero attached hydrogens (tertiary/aromatic N) is 3. The number of carbonyl (C=O) groups is 2. The van der Waals surface area contributed by atoms with Crippen molar-refractivity contribution in [3.63, 3.8) is 0 Å². The van der Waals surface area contributed by atoms with E-state index >= 15 is 4.39 Å². The number of ether oxygens (including phenoxy) is 2. The fraction of sp³-hybridized carbons (Fsp3) is 0.375. The Bertz CT molecular complexity index is 1330. The molecule has 1 aliphatic heterocycles. The Hall–Kier alpha value is -3.71. The van der Waals surface area contributed by atoms with Gasteiger partial charge in [-0.05, 0) is 35.9 Å². The summed E-state index contributed by atoms with van der Waals surface area (Å²) in [4.78, 5) is 29.7. The summed E-state index contributed by atoms with van der Waals surface area (Å²) in [5, 5.41) is 12.1. The highest BCUT2D eigenvalue weighted by Gasteiger charge is 2.39. The number of carbonyl (C=O) groups excluding carboxylic acids is 2. The summed E-state index contributed by atoms with van der Waals surface area (Å²) in [5.74, 6) is -1.26. The van der Waals surface area contributed by atoms with Gasteiger partial charge < -0.3 is 29.2 Å². The number of aliphatic hydroxyl groups excluding tert-OH is 1. The maximum absolute atomic E-state index is 15.2. The summed E-state index contributed by atoms with van der Waals surface area (Å²) in [6.07, 6.45) is -7.25. The van der Waals surface area contributed by atoms with Crippen LogP contribution in [0.3, 0.4) is 0 Å². The summed E-state index contributed by atoms with van der Waals surface area (Å²) >= 11 is 0. The standard InChI is InChI=1S/C24H24F4N4O5/c1-29-22(34)14-3-4-16(17(25)9-14)20-18(11-15-12-31(7-8-37-15)23(35)36-2)32-6-5-13(10-19(32)30-20)21(33)24(26,27)28/h3-6,9-10,15,21,33H,7-8,11-12H2,1-2H3,(H,29,34)/t15-,21-/m0/s1. The lowest BCUT2D eigenvalue weighted by Gasteiger charge is -2.32. The van der Waals surface area contributed by atoms with Crippen molar-refractivity contribution in [2.45, 2.75) is 24.8 Å². The van der Waals surface area contributed by atoms with E-state index in [-0.39, 0.29) is 42.0 Å². The van der Waals surface area contributed by atoms with Crippen molar-refractivity contribution >= 4 is 17.6 Å². The molecule has 2 aromatic heterocycles. The number of benzene rings is 1. The highest BCUT2D eigenvalue weighted by Crippen LogP contribution is 2.35. The second-order valence-electron chi connectivity index (χ2n) is 8.43. The van der Waals surface area contributed by atoms with Crippen molar-refractivity contribution in [3.8, 4) is 11.3 Å². The molecule has 1 aliphatic rings. The largest absolute Gasteiger partial charge is 0.453 e. The van der Waals surface area contributed by atoms with E-state index in [2.05, 4.69) is 10.3 Å². The Morgan fingerprint density at radius 1 is 1.30 bits per heavy atom.